The summed E-state index contributed by atoms with van der Waals surface area (Å²) in [6, 6.07) is 1.64. The number of methoxy groups -OCH3 is 1. The molecule has 1 rings (SSSR count). The van der Waals surface area contributed by atoms with Gasteiger partial charge in [-0.1, -0.05) is 23.6 Å². The second-order valence-corrected chi connectivity index (χ2v) is 4.46. The molecule has 0 bridgehead atoms. The van der Waals surface area contributed by atoms with E-state index < -0.39 is 5.97 Å². The predicted molar refractivity (Wildman–Crippen MR) is 66.8 cm³/mol. The molecule has 0 saturated heterocycles. The first kappa shape index (κ1) is 13.4. The summed E-state index contributed by atoms with van der Waals surface area (Å²) in [7, 11) is 1.33. The predicted octanol–water partition coefficient (Wildman–Crippen LogP) is 1.82. The van der Waals surface area contributed by atoms with Crippen LogP contribution >= 0.6 is 11.8 Å². The lowest BCUT2D eigenvalue weighted by Gasteiger charge is -1.91. The first-order chi connectivity index (χ1) is 8.13. The number of nitrogens with one attached hydrogen (secondary N) is 1. The maximum atomic E-state index is 11.1. The van der Waals surface area contributed by atoms with Crippen molar-refractivity contribution in [2.24, 2.45) is 0 Å². The number of carbonyl (C=O) groups excluding carboxylic acids is 2. The molecule has 1 N–H and O–H groups in total. The molecular weight excluding hydrogens is 238 g/mol. The van der Waals surface area contributed by atoms with Crippen LogP contribution in [0.1, 0.15) is 29.4 Å². The highest BCUT2D eigenvalue weighted by molar-refractivity contribution is 8.13. The molecular formula is C12H13NO3S. The van der Waals surface area contributed by atoms with Crippen LogP contribution in [0.4, 0.5) is 0 Å². The summed E-state index contributed by atoms with van der Waals surface area (Å²) < 4.78 is 4.56. The number of aromatic amines is 1. The molecule has 17 heavy (non-hydrogen) atoms. The standard InChI is InChI=1S/C12H13NO3S/c1-9(14)17-6-4-3-5-10-7-11(13-8-10)12(15)16-2/h7-8,13H,4,6H2,1-2H3. The Morgan fingerprint density at radius 2 is 2.29 bits per heavy atom. The molecule has 0 aromatic carbocycles. The van der Waals surface area contributed by atoms with Gasteiger partial charge >= 0.3 is 5.97 Å². The number of esters is 1. The van der Waals surface area contributed by atoms with Gasteiger partial charge in [-0.3, -0.25) is 4.79 Å². The normalized spacial score (nSPS) is 9.29. The monoisotopic (exact) mass is 251 g/mol. The molecule has 0 aliphatic carbocycles. The van der Waals surface area contributed by atoms with Crippen LogP contribution in [-0.4, -0.2) is 28.9 Å². The third-order valence-electron chi connectivity index (χ3n) is 1.85. The SMILES string of the molecule is COC(=O)c1cc(C#CCCSC(C)=O)c[nH]1. The molecule has 5 heteroatoms. The van der Waals surface area contributed by atoms with Gasteiger partial charge in [0, 0.05) is 30.9 Å². The molecule has 0 aliphatic rings. The molecule has 1 aromatic heterocycles. The van der Waals surface area contributed by atoms with E-state index in [9.17, 15) is 9.59 Å². The van der Waals surface area contributed by atoms with E-state index in [-0.39, 0.29) is 5.12 Å². The van der Waals surface area contributed by atoms with Crippen LogP contribution in [-0.2, 0) is 9.53 Å². The second-order valence-electron chi connectivity index (χ2n) is 3.19. The zero-order valence-corrected chi connectivity index (χ0v) is 10.5. The number of hydrogen-bond acceptors (Lipinski definition) is 4. The van der Waals surface area contributed by atoms with Gasteiger partial charge in [0.1, 0.15) is 5.69 Å². The van der Waals surface area contributed by atoms with E-state index in [4.69, 9.17) is 0 Å². The van der Waals surface area contributed by atoms with Gasteiger partial charge in [-0.15, -0.1) is 0 Å². The fourth-order valence-corrected chi connectivity index (χ4v) is 1.60. The van der Waals surface area contributed by atoms with Crippen molar-refractivity contribution < 1.29 is 14.3 Å². The maximum absolute atomic E-state index is 11.1. The minimum Gasteiger partial charge on any atom is -0.464 e. The van der Waals surface area contributed by atoms with E-state index in [1.54, 1.807) is 12.3 Å². The average Bonchev–Trinajstić information content (AvgIpc) is 2.76. The van der Waals surface area contributed by atoms with Gasteiger partial charge < -0.3 is 9.72 Å². The third kappa shape index (κ3) is 4.79. The van der Waals surface area contributed by atoms with Crippen LogP contribution in [0, 0.1) is 11.8 Å². The Kier molecular flexibility index (Phi) is 5.37. The Morgan fingerprint density at radius 1 is 1.53 bits per heavy atom. The van der Waals surface area contributed by atoms with Crippen molar-refractivity contribution in [1.82, 2.24) is 4.98 Å². The highest BCUT2D eigenvalue weighted by Crippen LogP contribution is 2.04. The van der Waals surface area contributed by atoms with Crippen molar-refractivity contribution in [2.75, 3.05) is 12.9 Å². The molecule has 0 atom stereocenters. The second kappa shape index (κ2) is 6.81. The Balaban J connectivity index is 2.46. The lowest BCUT2D eigenvalue weighted by atomic mass is 10.3. The van der Waals surface area contributed by atoms with Crippen LogP contribution in [0.5, 0.6) is 0 Å². The Hall–Kier alpha value is -1.67. The molecule has 4 nitrogen and oxygen atoms in total. The summed E-state index contributed by atoms with van der Waals surface area (Å²) in [6.07, 6.45) is 2.29. The fraction of sp³-hybridized carbons (Fsp3) is 0.333. The van der Waals surface area contributed by atoms with E-state index in [0.29, 0.717) is 17.9 Å². The highest BCUT2D eigenvalue weighted by atomic mass is 32.2. The van der Waals surface area contributed by atoms with Crippen molar-refractivity contribution in [3.05, 3.63) is 23.5 Å². The van der Waals surface area contributed by atoms with Gasteiger partial charge in [0.2, 0.25) is 0 Å². The number of rotatable bonds is 3. The summed E-state index contributed by atoms with van der Waals surface area (Å²) >= 11 is 1.26. The minimum atomic E-state index is -0.412. The van der Waals surface area contributed by atoms with Crippen LogP contribution in [0.15, 0.2) is 12.3 Å². The van der Waals surface area contributed by atoms with Gasteiger partial charge in [-0.05, 0) is 6.07 Å². The molecule has 0 aliphatic heterocycles. The Labute approximate surface area is 104 Å². The van der Waals surface area contributed by atoms with Gasteiger partial charge in [0.15, 0.2) is 5.12 Å². The van der Waals surface area contributed by atoms with Crippen molar-refractivity contribution >= 4 is 22.8 Å². The maximum Gasteiger partial charge on any atom is 0.354 e. The molecule has 0 radical (unpaired) electrons. The average molecular weight is 251 g/mol. The summed E-state index contributed by atoms with van der Waals surface area (Å²) in [5, 5.41) is 0.0985. The third-order valence-corrected chi connectivity index (χ3v) is 2.67. The van der Waals surface area contributed by atoms with E-state index in [1.165, 1.54) is 25.8 Å². The molecule has 0 amide bonds. The first-order valence-electron chi connectivity index (χ1n) is 5.02. The number of carbonyl (C=O) groups is 2. The summed E-state index contributed by atoms with van der Waals surface area (Å²) in [4.78, 5) is 24.6. The van der Waals surface area contributed by atoms with E-state index >= 15 is 0 Å². The Bertz CT molecular complexity index is 468. The lowest BCUT2D eigenvalue weighted by Crippen LogP contribution is -2.00. The van der Waals surface area contributed by atoms with Crippen molar-refractivity contribution in [1.29, 1.82) is 0 Å². The number of H-pyrrole nitrogens is 1. The molecule has 1 aromatic rings. The quantitative estimate of drug-likeness (QED) is 0.506. The van der Waals surface area contributed by atoms with Crippen LogP contribution in [0.3, 0.4) is 0 Å². The van der Waals surface area contributed by atoms with Crippen LogP contribution < -0.4 is 0 Å². The van der Waals surface area contributed by atoms with E-state index in [2.05, 4.69) is 21.6 Å². The number of aromatic nitrogens is 1. The summed E-state index contributed by atoms with van der Waals surface area (Å²) in [6.45, 7) is 1.53. The van der Waals surface area contributed by atoms with E-state index in [0.717, 1.165) is 5.56 Å². The Morgan fingerprint density at radius 3 is 2.94 bits per heavy atom. The molecule has 0 saturated carbocycles. The molecule has 1 heterocycles. The topological polar surface area (TPSA) is 59.2 Å². The largest absolute Gasteiger partial charge is 0.464 e. The smallest absolute Gasteiger partial charge is 0.354 e. The van der Waals surface area contributed by atoms with Gasteiger partial charge in [0.25, 0.3) is 0 Å². The fourth-order valence-electron chi connectivity index (χ4n) is 1.10. The first-order valence-corrected chi connectivity index (χ1v) is 6.01. The van der Waals surface area contributed by atoms with Crippen molar-refractivity contribution in [2.45, 2.75) is 13.3 Å². The number of ether oxygens (including phenoxy) is 1. The molecule has 0 fully saturated rings. The van der Waals surface area contributed by atoms with Crippen LogP contribution in [0.2, 0.25) is 0 Å². The lowest BCUT2D eigenvalue weighted by molar-refractivity contribution is -0.109. The summed E-state index contributed by atoms with van der Waals surface area (Å²) in [5.74, 6) is 6.12. The zero-order chi connectivity index (χ0) is 12.7. The highest BCUT2D eigenvalue weighted by Gasteiger charge is 2.06. The van der Waals surface area contributed by atoms with Crippen LogP contribution in [0.25, 0.3) is 0 Å². The van der Waals surface area contributed by atoms with E-state index in [1.807, 2.05) is 0 Å². The van der Waals surface area contributed by atoms with Gasteiger partial charge in [0.05, 0.1) is 7.11 Å². The van der Waals surface area contributed by atoms with Crippen molar-refractivity contribution in [3.8, 4) is 11.8 Å². The molecule has 90 valence electrons. The van der Waals surface area contributed by atoms with Gasteiger partial charge in [-0.2, -0.15) is 0 Å². The molecule has 0 spiro atoms. The molecule has 0 unspecified atom stereocenters. The zero-order valence-electron chi connectivity index (χ0n) is 9.70. The summed E-state index contributed by atoms with van der Waals surface area (Å²) in [5.41, 5.74) is 1.12. The number of thioether (sulfide) groups is 1. The number of hydrogen-bond donors (Lipinski definition) is 1. The van der Waals surface area contributed by atoms with Gasteiger partial charge in [-0.25, -0.2) is 4.79 Å². The minimum absolute atomic E-state index is 0.0985. The van der Waals surface area contributed by atoms with Crippen molar-refractivity contribution in [3.63, 3.8) is 0 Å².